The largest absolute Gasteiger partial charge is 0.311 e. The van der Waals surface area contributed by atoms with Crippen molar-refractivity contribution in [3.8, 4) is 0 Å². The Balaban J connectivity index is 2.28. The predicted octanol–water partition coefficient (Wildman–Crippen LogP) is 1.56. The molecule has 1 heterocycles. The molecular formula is C10H19N3. The van der Waals surface area contributed by atoms with Crippen molar-refractivity contribution in [3.63, 3.8) is 0 Å². The highest BCUT2D eigenvalue weighted by Gasteiger charge is 2.08. The number of nitrogens with one attached hydrogen (secondary N) is 1. The van der Waals surface area contributed by atoms with E-state index in [1.165, 1.54) is 0 Å². The van der Waals surface area contributed by atoms with Crippen LogP contribution in [0.3, 0.4) is 0 Å². The van der Waals surface area contributed by atoms with Crippen LogP contribution >= 0.6 is 0 Å². The van der Waals surface area contributed by atoms with Crippen LogP contribution in [0.25, 0.3) is 0 Å². The monoisotopic (exact) mass is 181 g/mol. The van der Waals surface area contributed by atoms with Gasteiger partial charge in [0.1, 0.15) is 0 Å². The number of aryl methyl sites for hydroxylation is 1. The Kier molecular flexibility index (Phi) is 3.09. The lowest BCUT2D eigenvalue weighted by molar-refractivity contribution is 0.378. The first kappa shape index (κ1) is 10.3. The van der Waals surface area contributed by atoms with E-state index in [9.17, 15) is 0 Å². The standard InChI is InChI=1S/C10H19N3/c1-10(2,3)8-11-7-9-5-6-13(4)12-9/h5-6,11H,7-8H2,1-4H3. The Bertz CT molecular complexity index is 257. The van der Waals surface area contributed by atoms with Crippen molar-refractivity contribution in [2.45, 2.75) is 27.3 Å². The zero-order chi connectivity index (χ0) is 9.90. The highest BCUT2D eigenvalue weighted by molar-refractivity contribution is 4.97. The molecule has 3 nitrogen and oxygen atoms in total. The summed E-state index contributed by atoms with van der Waals surface area (Å²) in [4.78, 5) is 0. The van der Waals surface area contributed by atoms with Crippen LogP contribution in [0.1, 0.15) is 26.5 Å². The fourth-order valence-electron chi connectivity index (χ4n) is 1.12. The number of rotatable bonds is 3. The van der Waals surface area contributed by atoms with Crippen molar-refractivity contribution in [2.75, 3.05) is 6.54 Å². The van der Waals surface area contributed by atoms with Gasteiger partial charge in [-0.15, -0.1) is 0 Å². The SMILES string of the molecule is Cn1ccc(CNCC(C)(C)C)n1. The van der Waals surface area contributed by atoms with Crippen LogP contribution in [0.2, 0.25) is 0 Å². The van der Waals surface area contributed by atoms with E-state index in [2.05, 4.69) is 31.2 Å². The molecule has 1 aromatic rings. The summed E-state index contributed by atoms with van der Waals surface area (Å²) in [5.74, 6) is 0. The molecule has 0 fully saturated rings. The Morgan fingerprint density at radius 3 is 2.62 bits per heavy atom. The maximum Gasteiger partial charge on any atom is 0.0762 e. The van der Waals surface area contributed by atoms with Gasteiger partial charge in [0, 0.05) is 26.3 Å². The Labute approximate surface area is 80.1 Å². The molecule has 0 amide bonds. The summed E-state index contributed by atoms with van der Waals surface area (Å²) in [6, 6.07) is 2.04. The normalized spacial score (nSPS) is 12.0. The molecule has 0 aliphatic heterocycles. The van der Waals surface area contributed by atoms with Crippen LogP contribution in [0.5, 0.6) is 0 Å². The van der Waals surface area contributed by atoms with Crippen molar-refractivity contribution in [3.05, 3.63) is 18.0 Å². The molecule has 0 spiro atoms. The molecule has 0 unspecified atom stereocenters. The number of aromatic nitrogens is 2. The van der Waals surface area contributed by atoms with Gasteiger partial charge >= 0.3 is 0 Å². The van der Waals surface area contributed by atoms with Gasteiger partial charge in [-0.1, -0.05) is 20.8 Å². The highest BCUT2D eigenvalue weighted by Crippen LogP contribution is 2.10. The van der Waals surface area contributed by atoms with E-state index in [-0.39, 0.29) is 0 Å². The summed E-state index contributed by atoms with van der Waals surface area (Å²) < 4.78 is 1.83. The maximum atomic E-state index is 4.28. The van der Waals surface area contributed by atoms with Gasteiger partial charge in [0.15, 0.2) is 0 Å². The third-order valence-electron chi connectivity index (χ3n) is 1.73. The molecule has 1 aromatic heterocycles. The predicted molar refractivity (Wildman–Crippen MR) is 54.4 cm³/mol. The van der Waals surface area contributed by atoms with Gasteiger partial charge in [-0.25, -0.2) is 0 Å². The molecule has 74 valence electrons. The van der Waals surface area contributed by atoms with Crippen molar-refractivity contribution < 1.29 is 0 Å². The van der Waals surface area contributed by atoms with Crippen LogP contribution < -0.4 is 5.32 Å². The van der Waals surface area contributed by atoms with Gasteiger partial charge in [0.25, 0.3) is 0 Å². The van der Waals surface area contributed by atoms with E-state index in [1.54, 1.807) is 0 Å². The van der Waals surface area contributed by atoms with E-state index >= 15 is 0 Å². The summed E-state index contributed by atoms with van der Waals surface area (Å²) >= 11 is 0. The van der Waals surface area contributed by atoms with Crippen LogP contribution in [0, 0.1) is 5.41 Å². The van der Waals surface area contributed by atoms with Gasteiger partial charge in [0.05, 0.1) is 5.69 Å². The first-order valence-electron chi connectivity index (χ1n) is 4.67. The minimum absolute atomic E-state index is 0.342. The summed E-state index contributed by atoms with van der Waals surface area (Å²) in [5.41, 5.74) is 1.45. The second-order valence-electron chi connectivity index (χ2n) is 4.64. The molecule has 1 N–H and O–H groups in total. The molecule has 0 bridgehead atoms. The van der Waals surface area contributed by atoms with Crippen molar-refractivity contribution in [2.24, 2.45) is 12.5 Å². The van der Waals surface area contributed by atoms with Crippen molar-refractivity contribution in [1.82, 2.24) is 15.1 Å². The molecule has 0 aromatic carbocycles. The summed E-state index contributed by atoms with van der Waals surface area (Å²) in [6.07, 6.45) is 1.97. The molecule has 0 aliphatic rings. The Morgan fingerprint density at radius 2 is 2.15 bits per heavy atom. The van der Waals surface area contributed by atoms with Crippen LogP contribution in [0.15, 0.2) is 12.3 Å². The van der Waals surface area contributed by atoms with Gasteiger partial charge in [-0.2, -0.15) is 5.10 Å². The van der Waals surface area contributed by atoms with E-state index in [0.717, 1.165) is 18.8 Å². The molecule has 0 atom stereocenters. The van der Waals surface area contributed by atoms with Gasteiger partial charge in [-0.05, 0) is 11.5 Å². The summed E-state index contributed by atoms with van der Waals surface area (Å²) in [5, 5.41) is 7.66. The minimum atomic E-state index is 0.342. The Morgan fingerprint density at radius 1 is 1.46 bits per heavy atom. The number of nitrogens with zero attached hydrogens (tertiary/aromatic N) is 2. The molecular weight excluding hydrogens is 162 g/mol. The third kappa shape index (κ3) is 4.08. The highest BCUT2D eigenvalue weighted by atomic mass is 15.3. The zero-order valence-corrected chi connectivity index (χ0v) is 8.96. The summed E-state index contributed by atoms with van der Waals surface area (Å²) in [7, 11) is 1.94. The molecule has 13 heavy (non-hydrogen) atoms. The first-order valence-corrected chi connectivity index (χ1v) is 4.67. The van der Waals surface area contributed by atoms with Gasteiger partial charge in [-0.3, -0.25) is 4.68 Å². The third-order valence-corrected chi connectivity index (χ3v) is 1.73. The fourth-order valence-corrected chi connectivity index (χ4v) is 1.12. The van der Waals surface area contributed by atoms with Gasteiger partial charge in [0.2, 0.25) is 0 Å². The topological polar surface area (TPSA) is 29.9 Å². The van der Waals surface area contributed by atoms with E-state index in [1.807, 2.05) is 24.0 Å². The smallest absolute Gasteiger partial charge is 0.0762 e. The molecule has 0 aliphatic carbocycles. The summed E-state index contributed by atoms with van der Waals surface area (Å²) in [6.45, 7) is 8.54. The molecule has 1 rings (SSSR count). The molecule has 0 saturated heterocycles. The average molecular weight is 181 g/mol. The first-order chi connectivity index (χ1) is 5.97. The lowest BCUT2D eigenvalue weighted by atomic mass is 9.97. The van der Waals surface area contributed by atoms with Crippen molar-refractivity contribution in [1.29, 1.82) is 0 Å². The second-order valence-corrected chi connectivity index (χ2v) is 4.64. The van der Waals surface area contributed by atoms with Crippen LogP contribution in [-0.4, -0.2) is 16.3 Å². The van der Waals surface area contributed by atoms with E-state index in [4.69, 9.17) is 0 Å². The minimum Gasteiger partial charge on any atom is -0.311 e. The molecule has 0 saturated carbocycles. The van der Waals surface area contributed by atoms with Crippen molar-refractivity contribution >= 4 is 0 Å². The number of hydrogen-bond donors (Lipinski definition) is 1. The second kappa shape index (κ2) is 3.92. The lowest BCUT2D eigenvalue weighted by Gasteiger charge is -2.18. The van der Waals surface area contributed by atoms with Crippen LogP contribution in [-0.2, 0) is 13.6 Å². The van der Waals surface area contributed by atoms with Crippen LogP contribution in [0.4, 0.5) is 0 Å². The lowest BCUT2D eigenvalue weighted by Crippen LogP contribution is -2.26. The molecule has 3 heteroatoms. The van der Waals surface area contributed by atoms with Gasteiger partial charge < -0.3 is 5.32 Å². The Hall–Kier alpha value is -0.830. The maximum absolute atomic E-state index is 4.28. The zero-order valence-electron chi connectivity index (χ0n) is 8.96. The fraction of sp³-hybridized carbons (Fsp3) is 0.700. The van der Waals surface area contributed by atoms with E-state index < -0.39 is 0 Å². The average Bonchev–Trinajstić information content (AvgIpc) is 2.33. The number of hydrogen-bond acceptors (Lipinski definition) is 2. The van der Waals surface area contributed by atoms with E-state index in [0.29, 0.717) is 5.41 Å². The quantitative estimate of drug-likeness (QED) is 0.767. The molecule has 0 radical (unpaired) electrons.